The Labute approximate surface area is 110 Å². The van der Waals surface area contributed by atoms with Gasteiger partial charge in [0.2, 0.25) is 5.91 Å². The van der Waals surface area contributed by atoms with Gasteiger partial charge in [0.1, 0.15) is 0 Å². The number of hydrogen-bond acceptors (Lipinski definition) is 1. The molecule has 4 unspecified atom stereocenters. The van der Waals surface area contributed by atoms with E-state index in [4.69, 9.17) is 0 Å². The fourth-order valence-corrected chi connectivity index (χ4v) is 6.01. The van der Waals surface area contributed by atoms with E-state index in [9.17, 15) is 4.79 Å². The Balaban J connectivity index is 1.57. The van der Waals surface area contributed by atoms with Crippen LogP contribution in [-0.2, 0) is 4.79 Å². The number of rotatable bonds is 1. The van der Waals surface area contributed by atoms with E-state index in [-0.39, 0.29) is 5.41 Å². The van der Waals surface area contributed by atoms with E-state index in [2.05, 4.69) is 18.7 Å². The molecule has 1 amide bonds. The fourth-order valence-electron chi connectivity index (χ4n) is 6.01. The molecule has 4 aliphatic carbocycles. The van der Waals surface area contributed by atoms with Gasteiger partial charge in [-0.2, -0.15) is 0 Å². The van der Waals surface area contributed by atoms with Crippen molar-refractivity contribution in [3.05, 3.63) is 0 Å². The van der Waals surface area contributed by atoms with E-state index in [1.54, 1.807) is 0 Å². The van der Waals surface area contributed by atoms with E-state index >= 15 is 0 Å². The number of piperidine rings is 1. The van der Waals surface area contributed by atoms with Gasteiger partial charge in [-0.3, -0.25) is 4.79 Å². The molecule has 1 heterocycles. The maximum Gasteiger partial charge on any atom is 0.229 e. The van der Waals surface area contributed by atoms with E-state index in [1.807, 2.05) is 0 Å². The summed E-state index contributed by atoms with van der Waals surface area (Å²) in [4.78, 5) is 15.3. The number of likely N-dealkylation sites (tertiary alicyclic amines) is 1. The summed E-state index contributed by atoms with van der Waals surface area (Å²) < 4.78 is 0. The summed E-state index contributed by atoms with van der Waals surface area (Å²) in [6, 6.07) is 0. The maximum atomic E-state index is 13.0. The first-order valence-electron chi connectivity index (χ1n) is 7.88. The van der Waals surface area contributed by atoms with Gasteiger partial charge >= 0.3 is 0 Å². The van der Waals surface area contributed by atoms with Crippen LogP contribution in [0.25, 0.3) is 0 Å². The molecule has 0 aromatic heterocycles. The van der Waals surface area contributed by atoms with Crippen molar-refractivity contribution in [3.8, 4) is 0 Å². The standard InChI is InChI=1S/C16H25NO/c1-10-3-11(2)9-17(8-10)15(18)16-6-12-4-14(16)5-13(12)7-16/h10-14H,3-9H2,1-2H3. The number of carbonyl (C=O) groups excluding carboxylic acids is 1. The van der Waals surface area contributed by atoms with E-state index in [0.29, 0.717) is 17.7 Å². The molecule has 4 atom stereocenters. The number of amides is 1. The van der Waals surface area contributed by atoms with E-state index in [0.717, 1.165) is 30.8 Å². The number of hydrogen-bond donors (Lipinski definition) is 0. The third-order valence-electron chi connectivity index (χ3n) is 6.46. The van der Waals surface area contributed by atoms with Crippen LogP contribution in [0, 0.1) is 35.0 Å². The Morgan fingerprint density at radius 2 is 1.56 bits per heavy atom. The summed E-state index contributed by atoms with van der Waals surface area (Å²) in [5.41, 5.74) is 0.117. The molecular formula is C16H25NO. The summed E-state index contributed by atoms with van der Waals surface area (Å²) >= 11 is 0. The maximum absolute atomic E-state index is 13.0. The zero-order chi connectivity index (χ0) is 12.5. The Morgan fingerprint density at radius 1 is 1.00 bits per heavy atom. The SMILES string of the molecule is CC1CC(C)CN(C(=O)C23CC4CC2CC4C3)C1. The van der Waals surface area contributed by atoms with Crippen LogP contribution in [0.3, 0.4) is 0 Å². The second kappa shape index (κ2) is 3.52. The largest absolute Gasteiger partial charge is 0.342 e. The van der Waals surface area contributed by atoms with Crippen molar-refractivity contribution in [2.45, 2.75) is 46.0 Å². The molecule has 2 heteroatoms. The molecule has 0 aromatic rings. The fraction of sp³-hybridized carbons (Fsp3) is 0.938. The third kappa shape index (κ3) is 1.32. The molecule has 1 saturated heterocycles. The second-order valence-electron chi connectivity index (χ2n) is 7.91. The summed E-state index contributed by atoms with van der Waals surface area (Å²) in [5.74, 6) is 4.53. The predicted octanol–water partition coefficient (Wildman–Crippen LogP) is 2.93. The van der Waals surface area contributed by atoms with Crippen molar-refractivity contribution in [2.24, 2.45) is 35.0 Å². The van der Waals surface area contributed by atoms with E-state index < -0.39 is 0 Å². The van der Waals surface area contributed by atoms with Gasteiger partial charge in [0.05, 0.1) is 5.41 Å². The molecule has 2 nitrogen and oxygen atoms in total. The quantitative estimate of drug-likeness (QED) is 0.697. The van der Waals surface area contributed by atoms with Gasteiger partial charge in [-0.05, 0) is 61.7 Å². The van der Waals surface area contributed by atoms with Crippen LogP contribution in [0.5, 0.6) is 0 Å². The zero-order valence-corrected chi connectivity index (χ0v) is 11.7. The van der Waals surface area contributed by atoms with Crippen LogP contribution in [0.15, 0.2) is 0 Å². The summed E-state index contributed by atoms with van der Waals surface area (Å²) in [6.45, 7) is 6.65. The highest BCUT2D eigenvalue weighted by atomic mass is 16.2. The van der Waals surface area contributed by atoms with Crippen molar-refractivity contribution >= 4 is 5.91 Å². The van der Waals surface area contributed by atoms with Crippen molar-refractivity contribution in [1.29, 1.82) is 0 Å². The molecule has 100 valence electrons. The molecule has 5 fully saturated rings. The molecule has 5 aliphatic rings. The molecule has 18 heavy (non-hydrogen) atoms. The van der Waals surface area contributed by atoms with Crippen LogP contribution in [-0.4, -0.2) is 23.9 Å². The second-order valence-corrected chi connectivity index (χ2v) is 7.91. The normalized spacial score (nSPS) is 53.4. The van der Waals surface area contributed by atoms with Crippen LogP contribution >= 0.6 is 0 Å². The lowest BCUT2D eigenvalue weighted by atomic mass is 9.78. The highest BCUT2D eigenvalue weighted by molar-refractivity contribution is 5.85. The molecule has 1 aliphatic heterocycles. The average Bonchev–Trinajstić information content (AvgIpc) is 2.98. The first-order valence-corrected chi connectivity index (χ1v) is 7.88. The molecule has 0 radical (unpaired) electrons. The molecule has 0 aromatic carbocycles. The Hall–Kier alpha value is -0.530. The highest BCUT2D eigenvalue weighted by Gasteiger charge is 2.66. The first-order chi connectivity index (χ1) is 8.58. The van der Waals surface area contributed by atoms with Crippen LogP contribution in [0.4, 0.5) is 0 Å². The van der Waals surface area contributed by atoms with Crippen LogP contribution < -0.4 is 0 Å². The molecular weight excluding hydrogens is 222 g/mol. The Bertz CT molecular complexity index is 367. The van der Waals surface area contributed by atoms with Gasteiger partial charge in [-0.15, -0.1) is 0 Å². The molecule has 4 bridgehead atoms. The van der Waals surface area contributed by atoms with Crippen molar-refractivity contribution < 1.29 is 4.79 Å². The van der Waals surface area contributed by atoms with Gasteiger partial charge in [0.15, 0.2) is 0 Å². The number of nitrogens with zero attached hydrogens (tertiary/aromatic N) is 1. The lowest BCUT2D eigenvalue weighted by molar-refractivity contribution is -0.146. The Morgan fingerprint density at radius 3 is 2.00 bits per heavy atom. The minimum Gasteiger partial charge on any atom is -0.342 e. The topological polar surface area (TPSA) is 20.3 Å². The average molecular weight is 247 g/mol. The zero-order valence-electron chi connectivity index (χ0n) is 11.7. The van der Waals surface area contributed by atoms with Gasteiger partial charge in [0.25, 0.3) is 0 Å². The molecule has 0 N–H and O–H groups in total. The van der Waals surface area contributed by atoms with Crippen molar-refractivity contribution in [2.75, 3.05) is 13.1 Å². The van der Waals surface area contributed by atoms with Crippen molar-refractivity contribution in [3.63, 3.8) is 0 Å². The van der Waals surface area contributed by atoms with Crippen LogP contribution in [0.2, 0.25) is 0 Å². The lowest BCUT2D eigenvalue weighted by Crippen LogP contribution is -2.49. The van der Waals surface area contributed by atoms with Crippen molar-refractivity contribution in [1.82, 2.24) is 4.90 Å². The summed E-state index contributed by atoms with van der Waals surface area (Å²) in [7, 11) is 0. The van der Waals surface area contributed by atoms with Gasteiger partial charge in [-0.25, -0.2) is 0 Å². The van der Waals surface area contributed by atoms with E-state index in [1.165, 1.54) is 32.1 Å². The lowest BCUT2D eigenvalue weighted by Gasteiger charge is -2.40. The van der Waals surface area contributed by atoms with Gasteiger partial charge in [-0.1, -0.05) is 13.8 Å². The number of carbonyl (C=O) groups is 1. The molecule has 5 rings (SSSR count). The Kier molecular flexibility index (Phi) is 2.21. The van der Waals surface area contributed by atoms with Crippen LogP contribution in [0.1, 0.15) is 46.0 Å². The summed E-state index contributed by atoms with van der Waals surface area (Å²) in [5, 5.41) is 0. The minimum atomic E-state index is 0.117. The highest BCUT2D eigenvalue weighted by Crippen LogP contribution is 2.70. The monoisotopic (exact) mass is 247 g/mol. The molecule has 4 saturated carbocycles. The predicted molar refractivity (Wildman–Crippen MR) is 70.9 cm³/mol. The third-order valence-corrected chi connectivity index (χ3v) is 6.46. The summed E-state index contributed by atoms with van der Waals surface area (Å²) in [6.07, 6.45) is 6.51. The first kappa shape index (κ1) is 11.3. The molecule has 0 spiro atoms. The van der Waals surface area contributed by atoms with Gasteiger partial charge < -0.3 is 4.90 Å². The minimum absolute atomic E-state index is 0.117. The smallest absolute Gasteiger partial charge is 0.229 e. The van der Waals surface area contributed by atoms with Gasteiger partial charge in [0, 0.05) is 13.1 Å².